The van der Waals surface area contributed by atoms with Gasteiger partial charge in [0.1, 0.15) is 0 Å². The van der Waals surface area contributed by atoms with Gasteiger partial charge >= 0.3 is 0 Å². The van der Waals surface area contributed by atoms with E-state index in [9.17, 15) is 9.50 Å². The Bertz CT molecular complexity index is 595. The van der Waals surface area contributed by atoms with Crippen molar-refractivity contribution >= 4 is 11.4 Å². The molecule has 3 nitrogen and oxygen atoms in total. The third-order valence-corrected chi connectivity index (χ3v) is 3.93. The van der Waals surface area contributed by atoms with E-state index in [1.165, 1.54) is 17.8 Å². The fourth-order valence-electron chi connectivity index (χ4n) is 2.75. The average molecular weight is 286 g/mol. The molecule has 2 aromatic rings. The van der Waals surface area contributed by atoms with Crippen molar-refractivity contribution in [3.8, 4) is 5.75 Å². The fourth-order valence-corrected chi connectivity index (χ4v) is 2.75. The minimum absolute atomic E-state index is 0.306. The Kier molecular flexibility index (Phi) is 3.95. The van der Waals surface area contributed by atoms with E-state index in [4.69, 9.17) is 0 Å². The SMILES string of the molecule is Oc1ccc(NC2CCN(c3ccccc3)CC2)cc1F. The molecule has 0 radical (unpaired) electrons. The molecule has 3 rings (SSSR count). The van der Waals surface area contributed by atoms with Gasteiger partial charge in [0.2, 0.25) is 0 Å². The molecule has 0 amide bonds. The number of anilines is 2. The van der Waals surface area contributed by atoms with Crippen LogP contribution in [0.1, 0.15) is 12.8 Å². The Morgan fingerprint density at radius 1 is 1.05 bits per heavy atom. The topological polar surface area (TPSA) is 35.5 Å². The second-order valence-corrected chi connectivity index (χ2v) is 5.41. The number of phenols is 1. The number of para-hydroxylation sites is 1. The average Bonchev–Trinajstić information content (AvgIpc) is 2.53. The molecule has 1 saturated heterocycles. The molecule has 1 heterocycles. The van der Waals surface area contributed by atoms with Gasteiger partial charge in [0.15, 0.2) is 11.6 Å². The second-order valence-electron chi connectivity index (χ2n) is 5.41. The van der Waals surface area contributed by atoms with Crippen molar-refractivity contribution in [1.29, 1.82) is 0 Å². The second kappa shape index (κ2) is 6.04. The van der Waals surface area contributed by atoms with E-state index >= 15 is 0 Å². The van der Waals surface area contributed by atoms with Gasteiger partial charge in [-0.2, -0.15) is 0 Å². The Morgan fingerprint density at radius 2 is 1.76 bits per heavy atom. The van der Waals surface area contributed by atoms with Crippen molar-refractivity contribution in [3.05, 3.63) is 54.3 Å². The molecule has 1 aliphatic heterocycles. The maximum atomic E-state index is 13.3. The number of hydrogen-bond donors (Lipinski definition) is 2. The van der Waals surface area contributed by atoms with Gasteiger partial charge in [-0.05, 0) is 37.1 Å². The van der Waals surface area contributed by atoms with Crippen molar-refractivity contribution in [2.75, 3.05) is 23.3 Å². The van der Waals surface area contributed by atoms with Crippen LogP contribution in [-0.2, 0) is 0 Å². The summed E-state index contributed by atoms with van der Waals surface area (Å²) in [5.74, 6) is -0.888. The van der Waals surface area contributed by atoms with Gasteiger partial charge < -0.3 is 15.3 Å². The summed E-state index contributed by atoms with van der Waals surface area (Å²) in [6.07, 6.45) is 2.02. The smallest absolute Gasteiger partial charge is 0.166 e. The predicted octanol–water partition coefficient (Wildman–Crippen LogP) is 3.61. The summed E-state index contributed by atoms with van der Waals surface area (Å²) in [6, 6.07) is 15.2. The van der Waals surface area contributed by atoms with Crippen LogP contribution in [0, 0.1) is 5.82 Å². The molecule has 4 heteroatoms. The lowest BCUT2D eigenvalue weighted by Crippen LogP contribution is -2.39. The van der Waals surface area contributed by atoms with Crippen LogP contribution >= 0.6 is 0 Å². The highest BCUT2D eigenvalue weighted by Crippen LogP contribution is 2.24. The minimum Gasteiger partial charge on any atom is -0.505 e. The lowest BCUT2D eigenvalue weighted by molar-refractivity contribution is 0.432. The molecule has 0 spiro atoms. The van der Waals surface area contributed by atoms with Crippen molar-refractivity contribution in [2.45, 2.75) is 18.9 Å². The van der Waals surface area contributed by atoms with Crippen LogP contribution in [0.3, 0.4) is 0 Å². The molecular formula is C17H19FN2O. The summed E-state index contributed by atoms with van der Waals surface area (Å²) < 4.78 is 13.3. The van der Waals surface area contributed by atoms with Crippen LogP contribution in [-0.4, -0.2) is 24.2 Å². The van der Waals surface area contributed by atoms with Crippen molar-refractivity contribution in [3.63, 3.8) is 0 Å². The first-order chi connectivity index (χ1) is 10.2. The number of hydrogen-bond acceptors (Lipinski definition) is 3. The molecule has 21 heavy (non-hydrogen) atoms. The molecular weight excluding hydrogens is 267 g/mol. The van der Waals surface area contributed by atoms with Gasteiger partial charge in [0.05, 0.1) is 0 Å². The zero-order valence-corrected chi connectivity index (χ0v) is 11.8. The molecule has 0 unspecified atom stereocenters. The summed E-state index contributed by atoms with van der Waals surface area (Å²) in [4.78, 5) is 2.37. The van der Waals surface area contributed by atoms with Crippen LogP contribution in [0.25, 0.3) is 0 Å². The van der Waals surface area contributed by atoms with E-state index in [1.54, 1.807) is 6.07 Å². The molecule has 2 aromatic carbocycles. The number of nitrogens with zero attached hydrogens (tertiary/aromatic N) is 1. The molecule has 0 aliphatic carbocycles. The third kappa shape index (κ3) is 3.27. The van der Waals surface area contributed by atoms with Crippen LogP contribution in [0.15, 0.2) is 48.5 Å². The van der Waals surface area contributed by atoms with E-state index < -0.39 is 5.82 Å². The molecule has 2 N–H and O–H groups in total. The number of aromatic hydroxyl groups is 1. The van der Waals surface area contributed by atoms with Crippen molar-refractivity contribution in [1.82, 2.24) is 0 Å². The maximum Gasteiger partial charge on any atom is 0.166 e. The van der Waals surface area contributed by atoms with Crippen LogP contribution in [0.5, 0.6) is 5.75 Å². The lowest BCUT2D eigenvalue weighted by atomic mass is 10.0. The first-order valence-corrected chi connectivity index (χ1v) is 7.27. The molecule has 110 valence electrons. The van der Waals surface area contributed by atoms with E-state index in [0.29, 0.717) is 6.04 Å². The van der Waals surface area contributed by atoms with Gasteiger partial charge in [0, 0.05) is 36.6 Å². The van der Waals surface area contributed by atoms with Crippen LogP contribution < -0.4 is 10.2 Å². The van der Waals surface area contributed by atoms with E-state index in [2.05, 4.69) is 34.5 Å². The molecule has 0 bridgehead atoms. The summed E-state index contributed by atoms with van der Waals surface area (Å²) in [6.45, 7) is 1.98. The largest absolute Gasteiger partial charge is 0.505 e. The Labute approximate surface area is 124 Å². The quantitative estimate of drug-likeness (QED) is 0.846. The number of benzene rings is 2. The molecule has 0 saturated carbocycles. The van der Waals surface area contributed by atoms with Gasteiger partial charge in [-0.1, -0.05) is 18.2 Å². The van der Waals surface area contributed by atoms with E-state index in [0.717, 1.165) is 31.6 Å². The first kappa shape index (κ1) is 13.7. The number of piperidine rings is 1. The monoisotopic (exact) mass is 286 g/mol. The molecule has 0 atom stereocenters. The highest BCUT2D eigenvalue weighted by Gasteiger charge is 2.19. The predicted molar refractivity (Wildman–Crippen MR) is 83.4 cm³/mol. The van der Waals surface area contributed by atoms with Gasteiger partial charge in [-0.15, -0.1) is 0 Å². The Hall–Kier alpha value is -2.23. The summed E-state index contributed by atoms with van der Waals surface area (Å²) in [7, 11) is 0. The maximum absolute atomic E-state index is 13.3. The zero-order valence-electron chi connectivity index (χ0n) is 11.8. The molecule has 1 fully saturated rings. The Morgan fingerprint density at radius 3 is 2.43 bits per heavy atom. The van der Waals surface area contributed by atoms with E-state index in [-0.39, 0.29) is 5.75 Å². The fraction of sp³-hybridized carbons (Fsp3) is 0.294. The summed E-state index contributed by atoms with van der Waals surface area (Å²) in [5.41, 5.74) is 1.98. The number of nitrogens with one attached hydrogen (secondary N) is 1. The molecule has 0 aromatic heterocycles. The normalized spacial score (nSPS) is 16.0. The van der Waals surface area contributed by atoms with Gasteiger partial charge in [0.25, 0.3) is 0 Å². The molecule has 1 aliphatic rings. The first-order valence-electron chi connectivity index (χ1n) is 7.27. The Balaban J connectivity index is 1.57. The third-order valence-electron chi connectivity index (χ3n) is 3.93. The van der Waals surface area contributed by atoms with Crippen molar-refractivity contribution in [2.24, 2.45) is 0 Å². The number of phenolic OH excluding ortho intramolecular Hbond substituents is 1. The van der Waals surface area contributed by atoms with Crippen molar-refractivity contribution < 1.29 is 9.50 Å². The number of halogens is 1. The highest BCUT2D eigenvalue weighted by atomic mass is 19.1. The van der Waals surface area contributed by atoms with Gasteiger partial charge in [-0.25, -0.2) is 4.39 Å². The zero-order chi connectivity index (χ0) is 14.7. The summed E-state index contributed by atoms with van der Waals surface area (Å²) >= 11 is 0. The highest BCUT2D eigenvalue weighted by molar-refractivity contribution is 5.49. The van der Waals surface area contributed by atoms with E-state index in [1.807, 2.05) is 6.07 Å². The summed E-state index contributed by atoms with van der Waals surface area (Å²) in [5, 5.41) is 12.5. The minimum atomic E-state index is -0.582. The van der Waals surface area contributed by atoms with Crippen LogP contribution in [0.2, 0.25) is 0 Å². The number of rotatable bonds is 3. The van der Waals surface area contributed by atoms with Gasteiger partial charge in [-0.3, -0.25) is 0 Å². The lowest BCUT2D eigenvalue weighted by Gasteiger charge is -2.34. The van der Waals surface area contributed by atoms with Crippen LogP contribution in [0.4, 0.5) is 15.8 Å². The standard InChI is InChI=1S/C17H19FN2O/c18-16-12-14(6-7-17(16)21)19-13-8-10-20(11-9-13)15-4-2-1-3-5-15/h1-7,12-13,19,21H,8-11H2.